The summed E-state index contributed by atoms with van der Waals surface area (Å²) >= 11 is 2.32. The van der Waals surface area contributed by atoms with Crippen LogP contribution in [0, 0.1) is 3.57 Å². The Hall–Kier alpha value is -0.490. The van der Waals surface area contributed by atoms with E-state index in [0.29, 0.717) is 6.04 Å². The van der Waals surface area contributed by atoms with Crippen LogP contribution in [0.1, 0.15) is 26.2 Å². The fourth-order valence-corrected chi connectivity index (χ4v) is 3.99. The lowest BCUT2D eigenvalue weighted by atomic mass is 9.96. The normalized spacial score (nSPS) is 28.2. The molecule has 0 saturated carbocycles. The van der Waals surface area contributed by atoms with Crippen LogP contribution in [0.15, 0.2) is 18.2 Å². The van der Waals surface area contributed by atoms with E-state index in [0.717, 1.165) is 18.3 Å². The van der Waals surface area contributed by atoms with Gasteiger partial charge in [-0.15, -0.1) is 0 Å². The highest BCUT2D eigenvalue weighted by Gasteiger charge is 2.33. The van der Waals surface area contributed by atoms with Crippen molar-refractivity contribution in [3.63, 3.8) is 0 Å². The van der Waals surface area contributed by atoms with E-state index < -0.39 is 0 Å². The van der Waals surface area contributed by atoms with Crippen LogP contribution in [0.5, 0.6) is 0 Å². The van der Waals surface area contributed by atoms with Gasteiger partial charge in [0.05, 0.1) is 11.4 Å². The number of anilines is 2. The molecule has 2 fully saturated rings. The molecule has 2 aliphatic rings. The Morgan fingerprint density at radius 2 is 2.11 bits per heavy atom. The van der Waals surface area contributed by atoms with Crippen LogP contribution in [0.4, 0.5) is 11.4 Å². The van der Waals surface area contributed by atoms with E-state index in [1.807, 2.05) is 0 Å². The zero-order valence-corrected chi connectivity index (χ0v) is 13.6. The van der Waals surface area contributed by atoms with Gasteiger partial charge < -0.3 is 10.6 Å². The number of nitrogens with two attached hydrogens (primary N) is 1. The molecule has 1 aromatic rings. The smallest absolute Gasteiger partial charge is 0.0604 e. The van der Waals surface area contributed by atoms with Crippen molar-refractivity contribution in [1.29, 1.82) is 0 Å². The van der Waals surface area contributed by atoms with Crippen molar-refractivity contribution < 1.29 is 0 Å². The maximum Gasteiger partial charge on any atom is 0.0604 e. The highest BCUT2D eigenvalue weighted by atomic mass is 127. The molecule has 0 aromatic heterocycles. The maximum absolute atomic E-state index is 6.22. The number of nitrogens with zero attached hydrogens (tertiary/aromatic N) is 2. The Bertz CT molecular complexity index is 463. The summed E-state index contributed by atoms with van der Waals surface area (Å²) in [5.74, 6) is 0. The van der Waals surface area contributed by atoms with Crippen molar-refractivity contribution in [2.24, 2.45) is 0 Å². The first-order valence-electron chi connectivity index (χ1n) is 7.21. The van der Waals surface area contributed by atoms with E-state index in [4.69, 9.17) is 5.73 Å². The molecule has 4 heteroatoms. The quantitative estimate of drug-likeness (QED) is 0.609. The third kappa shape index (κ3) is 2.70. The van der Waals surface area contributed by atoms with Crippen LogP contribution in [0.2, 0.25) is 0 Å². The molecule has 1 aromatic carbocycles. The Morgan fingerprint density at radius 1 is 1.26 bits per heavy atom. The zero-order chi connectivity index (χ0) is 13.4. The molecular weight excluding hydrogens is 349 g/mol. The molecule has 2 atom stereocenters. The third-order valence-electron chi connectivity index (χ3n) is 4.49. The van der Waals surface area contributed by atoms with Crippen molar-refractivity contribution in [1.82, 2.24) is 4.90 Å². The van der Waals surface area contributed by atoms with Gasteiger partial charge in [-0.25, -0.2) is 0 Å². The standard InChI is InChI=1S/C15H22IN3/c1-11-9-18-7-3-2-4-13(18)10-19(11)15-6-5-12(16)8-14(15)17/h5-6,8,11,13H,2-4,7,9-10,17H2,1H3. The van der Waals surface area contributed by atoms with Crippen LogP contribution >= 0.6 is 22.6 Å². The number of hydrogen-bond donors (Lipinski definition) is 1. The first kappa shape index (κ1) is 13.5. The maximum atomic E-state index is 6.22. The molecule has 2 unspecified atom stereocenters. The molecule has 3 nitrogen and oxygen atoms in total. The third-order valence-corrected chi connectivity index (χ3v) is 5.16. The highest BCUT2D eigenvalue weighted by molar-refractivity contribution is 14.1. The van der Waals surface area contributed by atoms with Crippen LogP contribution in [-0.4, -0.2) is 36.6 Å². The number of fused-ring (bicyclic) bond motifs is 1. The molecule has 0 radical (unpaired) electrons. The lowest BCUT2D eigenvalue weighted by Crippen LogP contribution is -2.59. The van der Waals surface area contributed by atoms with Gasteiger partial charge in [0.1, 0.15) is 0 Å². The summed E-state index contributed by atoms with van der Waals surface area (Å²) in [7, 11) is 0. The number of piperidine rings is 1. The average Bonchev–Trinajstić information content (AvgIpc) is 2.38. The predicted molar refractivity (Wildman–Crippen MR) is 89.6 cm³/mol. The number of piperazine rings is 1. The Labute approximate surface area is 129 Å². The van der Waals surface area contributed by atoms with Gasteiger partial charge in [-0.05, 0) is 67.1 Å². The Morgan fingerprint density at radius 3 is 2.89 bits per heavy atom. The van der Waals surface area contributed by atoms with Gasteiger partial charge in [0.2, 0.25) is 0 Å². The van der Waals surface area contributed by atoms with Crippen molar-refractivity contribution in [2.75, 3.05) is 30.3 Å². The van der Waals surface area contributed by atoms with Gasteiger partial charge in [-0.1, -0.05) is 6.42 Å². The molecule has 0 bridgehead atoms. The summed E-state index contributed by atoms with van der Waals surface area (Å²) in [5, 5.41) is 0. The second kappa shape index (κ2) is 5.48. The summed E-state index contributed by atoms with van der Waals surface area (Å²) in [6, 6.07) is 7.70. The number of nitrogen functional groups attached to an aromatic ring is 1. The molecule has 2 aliphatic heterocycles. The molecule has 3 rings (SSSR count). The Balaban J connectivity index is 1.83. The monoisotopic (exact) mass is 371 g/mol. The van der Waals surface area contributed by atoms with Crippen LogP contribution in [0.3, 0.4) is 0 Å². The summed E-state index contributed by atoms with van der Waals surface area (Å²) < 4.78 is 1.21. The second-order valence-electron chi connectivity index (χ2n) is 5.85. The van der Waals surface area contributed by atoms with Gasteiger partial charge in [0.25, 0.3) is 0 Å². The van der Waals surface area contributed by atoms with Gasteiger partial charge >= 0.3 is 0 Å². The second-order valence-corrected chi connectivity index (χ2v) is 7.09. The summed E-state index contributed by atoms with van der Waals surface area (Å²) in [5.41, 5.74) is 8.36. The first-order valence-corrected chi connectivity index (χ1v) is 8.29. The largest absolute Gasteiger partial charge is 0.397 e. The summed E-state index contributed by atoms with van der Waals surface area (Å²) in [6.45, 7) is 5.91. The molecular formula is C15H22IN3. The molecule has 104 valence electrons. The minimum Gasteiger partial charge on any atom is -0.397 e. The van der Waals surface area contributed by atoms with E-state index >= 15 is 0 Å². The SMILES string of the molecule is CC1CN2CCCCC2CN1c1ccc(I)cc1N. The molecule has 0 aliphatic carbocycles. The van der Waals surface area contributed by atoms with Crippen molar-refractivity contribution in [2.45, 2.75) is 38.3 Å². The van der Waals surface area contributed by atoms with Gasteiger partial charge in [-0.3, -0.25) is 4.90 Å². The van der Waals surface area contributed by atoms with Gasteiger partial charge in [0.15, 0.2) is 0 Å². The number of benzene rings is 1. The van der Waals surface area contributed by atoms with Crippen molar-refractivity contribution >= 4 is 34.0 Å². The average molecular weight is 371 g/mol. The van der Waals surface area contributed by atoms with Crippen LogP contribution in [-0.2, 0) is 0 Å². The topological polar surface area (TPSA) is 32.5 Å². The summed E-state index contributed by atoms with van der Waals surface area (Å²) in [6.07, 6.45) is 4.09. The lowest BCUT2D eigenvalue weighted by Gasteiger charge is -2.48. The van der Waals surface area contributed by atoms with Crippen molar-refractivity contribution in [3.05, 3.63) is 21.8 Å². The van der Waals surface area contributed by atoms with E-state index in [1.54, 1.807) is 0 Å². The first-order chi connectivity index (χ1) is 9.15. The Kier molecular flexibility index (Phi) is 3.89. The van der Waals surface area contributed by atoms with E-state index in [1.165, 1.54) is 41.6 Å². The predicted octanol–water partition coefficient (Wildman–Crippen LogP) is 2.94. The van der Waals surface area contributed by atoms with Gasteiger partial charge in [0, 0.05) is 28.7 Å². The summed E-state index contributed by atoms with van der Waals surface area (Å²) in [4.78, 5) is 5.19. The van der Waals surface area contributed by atoms with E-state index in [9.17, 15) is 0 Å². The minimum absolute atomic E-state index is 0.553. The van der Waals surface area contributed by atoms with Crippen LogP contribution in [0.25, 0.3) is 0 Å². The molecule has 2 saturated heterocycles. The van der Waals surface area contributed by atoms with Crippen molar-refractivity contribution in [3.8, 4) is 0 Å². The number of hydrogen-bond acceptors (Lipinski definition) is 3. The molecule has 19 heavy (non-hydrogen) atoms. The zero-order valence-electron chi connectivity index (χ0n) is 11.5. The van der Waals surface area contributed by atoms with E-state index in [2.05, 4.69) is 57.5 Å². The van der Waals surface area contributed by atoms with E-state index in [-0.39, 0.29) is 0 Å². The lowest BCUT2D eigenvalue weighted by molar-refractivity contribution is 0.115. The fraction of sp³-hybridized carbons (Fsp3) is 0.600. The fourth-order valence-electron chi connectivity index (χ4n) is 3.47. The number of halogens is 1. The minimum atomic E-state index is 0.553. The van der Waals surface area contributed by atoms with Gasteiger partial charge in [-0.2, -0.15) is 0 Å². The molecule has 2 heterocycles. The molecule has 2 N–H and O–H groups in total. The van der Waals surface area contributed by atoms with Crippen LogP contribution < -0.4 is 10.6 Å². The molecule has 0 amide bonds. The molecule has 0 spiro atoms. The number of rotatable bonds is 1. The highest BCUT2D eigenvalue weighted by Crippen LogP contribution is 2.32.